The molecule has 1 aliphatic rings. The second-order valence-electron chi connectivity index (χ2n) is 7.92. The van der Waals surface area contributed by atoms with E-state index in [-0.39, 0.29) is 18.4 Å². The first kappa shape index (κ1) is 21.2. The lowest BCUT2D eigenvalue weighted by molar-refractivity contribution is 0.0618. The Bertz CT molecular complexity index is 1250. The van der Waals surface area contributed by atoms with Crippen LogP contribution in [0.2, 0.25) is 0 Å². The van der Waals surface area contributed by atoms with Crippen LogP contribution in [-0.2, 0) is 6.54 Å². The smallest absolute Gasteiger partial charge is 0.341 e. The Balaban J connectivity index is 1.86. The first-order valence-corrected chi connectivity index (χ1v) is 10.2. The first-order valence-electron chi connectivity index (χ1n) is 10.2. The van der Waals surface area contributed by atoms with Crippen LogP contribution in [0.3, 0.4) is 0 Å². The number of aromatic hydroxyl groups is 1. The lowest BCUT2D eigenvalue weighted by atomic mass is 9.99. The predicted molar refractivity (Wildman–Crippen MR) is 119 cm³/mol. The average molecular weight is 433 g/mol. The van der Waals surface area contributed by atoms with Crippen LogP contribution >= 0.6 is 0 Å². The molecule has 8 nitrogen and oxygen atoms in total. The molecule has 164 valence electrons. The molecular weight excluding hydrogens is 410 g/mol. The zero-order chi connectivity index (χ0) is 23.0. The Labute approximate surface area is 184 Å². The van der Waals surface area contributed by atoms with E-state index in [9.17, 15) is 24.6 Å². The second-order valence-corrected chi connectivity index (χ2v) is 7.92. The van der Waals surface area contributed by atoms with Gasteiger partial charge >= 0.3 is 5.97 Å². The number of rotatable bonds is 5. The van der Waals surface area contributed by atoms with Crippen LogP contribution in [0.1, 0.15) is 40.3 Å². The number of benzene rings is 2. The van der Waals surface area contributed by atoms with Gasteiger partial charge in [0.25, 0.3) is 5.91 Å². The lowest BCUT2D eigenvalue weighted by Crippen LogP contribution is -2.56. The number of nitrogens with zero attached hydrogens (tertiary/aromatic N) is 3. The predicted octanol–water partition coefficient (Wildman–Crippen LogP) is 2.88. The van der Waals surface area contributed by atoms with Gasteiger partial charge in [0.15, 0.2) is 11.4 Å². The van der Waals surface area contributed by atoms with Crippen LogP contribution in [0.4, 0.5) is 0 Å². The van der Waals surface area contributed by atoms with E-state index in [0.29, 0.717) is 6.54 Å². The Morgan fingerprint density at radius 2 is 1.69 bits per heavy atom. The summed E-state index contributed by atoms with van der Waals surface area (Å²) in [6.07, 6.45) is 1.11. The molecule has 2 heterocycles. The van der Waals surface area contributed by atoms with Crippen molar-refractivity contribution in [3.05, 3.63) is 87.8 Å². The number of aromatic carboxylic acids is 1. The molecule has 0 radical (unpaired) electrons. The van der Waals surface area contributed by atoms with E-state index in [1.54, 1.807) is 5.01 Å². The van der Waals surface area contributed by atoms with Crippen molar-refractivity contribution in [1.82, 2.24) is 9.58 Å². The summed E-state index contributed by atoms with van der Waals surface area (Å²) >= 11 is 0. The minimum Gasteiger partial charge on any atom is -0.502 e. The fraction of sp³-hybridized carbons (Fsp3) is 0.208. The number of pyridine rings is 1. The molecule has 0 atom stereocenters. The van der Waals surface area contributed by atoms with Crippen molar-refractivity contribution in [3.63, 3.8) is 0 Å². The van der Waals surface area contributed by atoms with Crippen molar-refractivity contribution in [2.24, 2.45) is 0 Å². The van der Waals surface area contributed by atoms with Crippen LogP contribution < -0.4 is 10.4 Å². The van der Waals surface area contributed by atoms with E-state index in [1.807, 2.05) is 68.4 Å². The number of hydrogen-bond donors (Lipinski definition) is 2. The monoisotopic (exact) mass is 433 g/mol. The number of fused-ring (bicyclic) bond motifs is 1. The highest BCUT2D eigenvalue weighted by Gasteiger charge is 2.35. The summed E-state index contributed by atoms with van der Waals surface area (Å²) in [5, 5.41) is 21.7. The van der Waals surface area contributed by atoms with Crippen LogP contribution in [0.15, 0.2) is 65.6 Å². The van der Waals surface area contributed by atoms with Gasteiger partial charge in [-0.3, -0.25) is 19.3 Å². The standard InChI is InChI=1S/C24H23N3O5/c1-15(2)26-14-25(12-17-10-6-7-11-18(17)16-8-4-3-5-9-16)27-13-19(24(31)32)21(28)22(29)20(27)23(26)30/h3-11,13,15,29H,12,14H2,1-2H3,(H,31,32). The summed E-state index contributed by atoms with van der Waals surface area (Å²) in [4.78, 5) is 38.5. The van der Waals surface area contributed by atoms with Gasteiger partial charge in [0.1, 0.15) is 12.2 Å². The average Bonchev–Trinajstić information content (AvgIpc) is 2.78. The van der Waals surface area contributed by atoms with Gasteiger partial charge in [-0.25, -0.2) is 4.79 Å². The third kappa shape index (κ3) is 3.60. The molecule has 0 aliphatic carbocycles. The number of aromatic nitrogens is 1. The van der Waals surface area contributed by atoms with E-state index in [4.69, 9.17) is 0 Å². The molecule has 0 unspecified atom stereocenters. The molecule has 0 saturated carbocycles. The molecule has 2 aromatic carbocycles. The van der Waals surface area contributed by atoms with Crippen molar-refractivity contribution in [3.8, 4) is 16.9 Å². The molecule has 2 N–H and O–H groups in total. The molecule has 4 rings (SSSR count). The summed E-state index contributed by atoms with van der Waals surface area (Å²) in [6, 6.07) is 17.4. The highest BCUT2D eigenvalue weighted by molar-refractivity contribution is 5.98. The molecule has 0 fully saturated rings. The zero-order valence-corrected chi connectivity index (χ0v) is 17.7. The number of amides is 1. The molecule has 0 spiro atoms. The number of hydrogen-bond acceptors (Lipinski definition) is 5. The van der Waals surface area contributed by atoms with Gasteiger partial charge in [-0.15, -0.1) is 0 Å². The Hall–Kier alpha value is -4.07. The maximum absolute atomic E-state index is 13.0. The Morgan fingerprint density at radius 3 is 2.34 bits per heavy atom. The third-order valence-electron chi connectivity index (χ3n) is 5.56. The van der Waals surface area contributed by atoms with Gasteiger partial charge in [-0.05, 0) is 30.5 Å². The van der Waals surface area contributed by atoms with Crippen LogP contribution in [0.5, 0.6) is 5.75 Å². The van der Waals surface area contributed by atoms with Crippen molar-refractivity contribution in [2.75, 3.05) is 11.7 Å². The first-order chi connectivity index (χ1) is 15.3. The van der Waals surface area contributed by atoms with Crippen LogP contribution in [-0.4, -0.2) is 44.4 Å². The summed E-state index contributed by atoms with van der Waals surface area (Å²) in [6.45, 7) is 4.15. The van der Waals surface area contributed by atoms with E-state index in [2.05, 4.69) is 0 Å². The van der Waals surface area contributed by atoms with Gasteiger partial charge < -0.3 is 15.1 Å². The zero-order valence-electron chi connectivity index (χ0n) is 17.7. The summed E-state index contributed by atoms with van der Waals surface area (Å²) in [7, 11) is 0. The quantitative estimate of drug-likeness (QED) is 0.641. The molecule has 0 bridgehead atoms. The van der Waals surface area contributed by atoms with Gasteiger partial charge in [0, 0.05) is 12.2 Å². The Morgan fingerprint density at radius 1 is 1.03 bits per heavy atom. The maximum Gasteiger partial charge on any atom is 0.341 e. The minimum absolute atomic E-state index is 0.161. The molecule has 1 aromatic heterocycles. The lowest BCUT2D eigenvalue weighted by Gasteiger charge is -2.41. The van der Waals surface area contributed by atoms with Crippen LogP contribution in [0, 0.1) is 0 Å². The number of carbonyl (C=O) groups excluding carboxylic acids is 1. The van der Waals surface area contributed by atoms with E-state index >= 15 is 0 Å². The second kappa shape index (κ2) is 8.22. The van der Waals surface area contributed by atoms with E-state index in [0.717, 1.165) is 22.9 Å². The van der Waals surface area contributed by atoms with Gasteiger partial charge in [-0.1, -0.05) is 54.6 Å². The fourth-order valence-electron chi connectivity index (χ4n) is 3.89. The largest absolute Gasteiger partial charge is 0.502 e. The van der Waals surface area contributed by atoms with E-state index < -0.39 is 28.6 Å². The normalized spacial score (nSPS) is 13.4. The fourth-order valence-corrected chi connectivity index (χ4v) is 3.89. The maximum atomic E-state index is 13.0. The number of carboxylic acids is 1. The molecule has 32 heavy (non-hydrogen) atoms. The van der Waals surface area contributed by atoms with Crippen molar-refractivity contribution in [1.29, 1.82) is 0 Å². The van der Waals surface area contributed by atoms with Crippen molar-refractivity contribution >= 4 is 11.9 Å². The molecule has 1 aliphatic heterocycles. The molecule has 1 amide bonds. The third-order valence-corrected chi connectivity index (χ3v) is 5.56. The number of carbonyl (C=O) groups is 2. The SMILES string of the molecule is CC(C)N1CN(Cc2ccccc2-c2ccccc2)n2cc(C(=O)O)c(=O)c(O)c2C1=O. The van der Waals surface area contributed by atoms with Gasteiger partial charge in [0.05, 0.1) is 6.54 Å². The minimum atomic E-state index is -1.47. The molecular formula is C24H23N3O5. The topological polar surface area (TPSA) is 103 Å². The van der Waals surface area contributed by atoms with Gasteiger partial charge in [0.2, 0.25) is 5.43 Å². The van der Waals surface area contributed by atoms with Crippen molar-refractivity contribution < 1.29 is 19.8 Å². The number of carboxylic acid groups (broad SMARTS) is 1. The van der Waals surface area contributed by atoms with Crippen molar-refractivity contribution in [2.45, 2.75) is 26.4 Å². The highest BCUT2D eigenvalue weighted by Crippen LogP contribution is 2.27. The van der Waals surface area contributed by atoms with Crippen LogP contribution in [0.25, 0.3) is 11.1 Å². The van der Waals surface area contributed by atoms with Gasteiger partial charge in [-0.2, -0.15) is 0 Å². The van der Waals surface area contributed by atoms with E-state index in [1.165, 1.54) is 9.58 Å². The Kier molecular flexibility index (Phi) is 5.44. The summed E-state index contributed by atoms with van der Waals surface area (Å²) in [5.41, 5.74) is 1.04. The molecule has 8 heteroatoms. The molecule has 0 saturated heterocycles. The summed E-state index contributed by atoms with van der Waals surface area (Å²) < 4.78 is 1.29. The summed E-state index contributed by atoms with van der Waals surface area (Å²) in [5.74, 6) is -2.86. The molecule has 3 aromatic rings. The highest BCUT2D eigenvalue weighted by atomic mass is 16.4.